The number of benzene rings is 4. The first kappa shape index (κ1) is 32.4. The second-order valence-electron chi connectivity index (χ2n) is 11.0. The topological polar surface area (TPSA) is 197 Å². The van der Waals surface area contributed by atoms with Crippen LogP contribution in [0.1, 0.15) is 38.2 Å². The van der Waals surface area contributed by atoms with E-state index in [1.165, 1.54) is 6.08 Å². The fraction of sp³-hybridized carbons (Fsp3) is 0.0588. The maximum atomic E-state index is 13.2. The van der Waals surface area contributed by atoms with Crippen LogP contribution in [0.15, 0.2) is 105 Å². The van der Waals surface area contributed by atoms with E-state index in [2.05, 4.69) is 21.1 Å². The van der Waals surface area contributed by atoms with Gasteiger partial charge in [-0.1, -0.05) is 42.5 Å². The van der Waals surface area contributed by atoms with Crippen molar-refractivity contribution in [3.05, 3.63) is 123 Å². The molecule has 2 aliphatic rings. The van der Waals surface area contributed by atoms with Gasteiger partial charge < -0.3 is 9.11 Å². The van der Waals surface area contributed by atoms with Gasteiger partial charge in [0.2, 0.25) is 11.6 Å². The number of ketones is 2. The highest BCUT2D eigenvalue weighted by Crippen LogP contribution is 2.32. The molecule has 0 aromatic heterocycles. The number of rotatable bonds is 7. The van der Waals surface area contributed by atoms with Crippen LogP contribution in [0.4, 0.5) is 11.4 Å². The van der Waals surface area contributed by atoms with Crippen molar-refractivity contribution in [3.8, 4) is 11.1 Å². The molecule has 0 radical (unpaired) electrons. The van der Waals surface area contributed by atoms with Gasteiger partial charge in [0.05, 0.1) is 21.2 Å². The van der Waals surface area contributed by atoms with Gasteiger partial charge in [-0.3, -0.25) is 20.4 Å². The Kier molecular flexibility index (Phi) is 8.26. The summed E-state index contributed by atoms with van der Waals surface area (Å²) in [5.74, 6) is -1.14. The summed E-state index contributed by atoms with van der Waals surface area (Å²) in [7, 11) is -10.1. The molecular formula is C34H24N4O8S2-2. The van der Waals surface area contributed by atoms with Crippen LogP contribution in [0.3, 0.4) is 0 Å². The summed E-state index contributed by atoms with van der Waals surface area (Å²) in [5, 5.41) is 8.33. The zero-order valence-electron chi connectivity index (χ0n) is 25.2. The first-order valence-corrected chi connectivity index (χ1v) is 17.1. The number of nitrogens with one attached hydrogen (secondary N) is 2. The lowest BCUT2D eigenvalue weighted by Crippen LogP contribution is -2.27. The average Bonchev–Trinajstić information content (AvgIpc) is 3.03. The minimum absolute atomic E-state index is 0.131. The molecular weight excluding hydrogens is 657 g/mol. The number of fused-ring (bicyclic) bond motifs is 2. The Morgan fingerprint density at radius 2 is 1.19 bits per heavy atom. The van der Waals surface area contributed by atoms with Gasteiger partial charge in [-0.05, 0) is 102 Å². The molecule has 242 valence electrons. The van der Waals surface area contributed by atoms with Crippen molar-refractivity contribution in [2.75, 3.05) is 10.9 Å². The van der Waals surface area contributed by atoms with Gasteiger partial charge in [-0.2, -0.15) is 10.2 Å². The molecule has 0 amide bonds. The van der Waals surface area contributed by atoms with Crippen LogP contribution < -0.4 is 10.9 Å². The average molecular weight is 681 g/mol. The third-order valence-electron chi connectivity index (χ3n) is 7.76. The van der Waals surface area contributed by atoms with Crippen LogP contribution >= 0.6 is 0 Å². The fourth-order valence-corrected chi connectivity index (χ4v) is 6.58. The third-order valence-corrected chi connectivity index (χ3v) is 9.44. The van der Waals surface area contributed by atoms with Gasteiger partial charge in [-0.15, -0.1) is 0 Å². The van der Waals surface area contributed by atoms with E-state index in [4.69, 9.17) is 0 Å². The third kappa shape index (κ3) is 6.37. The van der Waals surface area contributed by atoms with Crippen molar-refractivity contribution in [2.24, 2.45) is 10.2 Å². The van der Waals surface area contributed by atoms with Crippen molar-refractivity contribution in [3.63, 3.8) is 0 Å². The molecule has 0 spiro atoms. The van der Waals surface area contributed by atoms with E-state index in [1.807, 2.05) is 56.3 Å². The summed E-state index contributed by atoms with van der Waals surface area (Å²) in [6, 6.07) is 21.1. The summed E-state index contributed by atoms with van der Waals surface area (Å²) < 4.78 is 70.4. The number of hydrogen-bond donors (Lipinski definition) is 2. The Labute approximate surface area is 275 Å². The van der Waals surface area contributed by atoms with Gasteiger partial charge in [-0.25, -0.2) is 16.8 Å². The van der Waals surface area contributed by atoms with Crippen molar-refractivity contribution < 1.29 is 35.5 Å². The smallest absolute Gasteiger partial charge is 0.215 e. The largest absolute Gasteiger partial charge is 0.744 e. The van der Waals surface area contributed by atoms with E-state index in [9.17, 15) is 35.5 Å². The second-order valence-corrected chi connectivity index (χ2v) is 13.7. The quantitative estimate of drug-likeness (QED) is 0.201. The zero-order chi connectivity index (χ0) is 34.4. The minimum Gasteiger partial charge on any atom is -0.744 e. The fourth-order valence-electron chi connectivity index (χ4n) is 5.43. The van der Waals surface area contributed by atoms with E-state index in [1.54, 1.807) is 24.3 Å². The van der Waals surface area contributed by atoms with Gasteiger partial charge in [0, 0.05) is 11.1 Å². The number of Topliss-reactive ketones (excluding diaryl/α,β-unsaturated/α-hetero) is 1. The molecule has 4 aromatic rings. The first-order chi connectivity index (χ1) is 22.7. The lowest BCUT2D eigenvalue weighted by molar-refractivity contribution is -0.108. The number of hydrogen-bond acceptors (Lipinski definition) is 12. The Morgan fingerprint density at radius 1 is 0.604 bits per heavy atom. The van der Waals surface area contributed by atoms with Crippen molar-refractivity contribution in [1.29, 1.82) is 0 Å². The summed E-state index contributed by atoms with van der Waals surface area (Å²) in [4.78, 5) is 24.0. The summed E-state index contributed by atoms with van der Waals surface area (Å²) in [6.07, 6.45) is 4.06. The standard InChI is InChI=1S/C34H26N4O8S2/c1-19-15-23(35-37-32-28-6-4-3-5-21(28)7-14-30(32)39)8-11-26(19)27-12-9-24(16-20(27)2)36-38-33-31(48(44,45)46)18-22-17-25(47(41,42)43)10-13-29(22)34(33)40/h3-18,35-36H,1-2H3,(H,41,42,43)(H,44,45,46)/p-2. The SMILES string of the molecule is Cc1cc(NN=C2C(=O)c3ccc(S(=O)(=O)[O-])cc3C=C2S(=O)(=O)[O-])ccc1-c1ccc(NN=C2C(=O)C=Cc3ccccc32)cc1C. The number of carbonyl (C=O) groups excluding carboxylic acids is 2. The van der Waals surface area contributed by atoms with Crippen molar-refractivity contribution in [1.82, 2.24) is 0 Å². The Hall–Kier alpha value is -5.54. The highest BCUT2D eigenvalue weighted by molar-refractivity contribution is 7.91. The van der Waals surface area contributed by atoms with E-state index in [-0.39, 0.29) is 16.9 Å². The number of carbonyl (C=O) groups is 2. The molecule has 0 saturated carbocycles. The molecule has 12 nitrogen and oxygen atoms in total. The molecule has 4 aromatic carbocycles. The highest BCUT2D eigenvalue weighted by atomic mass is 32.2. The maximum absolute atomic E-state index is 13.2. The predicted molar refractivity (Wildman–Crippen MR) is 179 cm³/mol. The molecule has 2 aliphatic carbocycles. The van der Waals surface area contributed by atoms with Gasteiger partial charge in [0.15, 0.2) is 0 Å². The summed E-state index contributed by atoms with van der Waals surface area (Å²) in [6.45, 7) is 3.77. The first-order valence-electron chi connectivity index (χ1n) is 14.2. The van der Waals surface area contributed by atoms with Gasteiger partial charge in [0.25, 0.3) is 0 Å². The lowest BCUT2D eigenvalue weighted by atomic mass is 9.95. The summed E-state index contributed by atoms with van der Waals surface area (Å²) in [5.41, 5.74) is 11.1. The molecule has 6 rings (SSSR count). The van der Waals surface area contributed by atoms with Crippen molar-refractivity contribution in [2.45, 2.75) is 18.7 Å². The van der Waals surface area contributed by atoms with Crippen LogP contribution in [0.2, 0.25) is 0 Å². The van der Waals surface area contributed by atoms with E-state index in [0.29, 0.717) is 17.1 Å². The molecule has 0 atom stereocenters. The van der Waals surface area contributed by atoms with Crippen molar-refractivity contribution >= 4 is 66.8 Å². The Morgan fingerprint density at radius 3 is 1.77 bits per heavy atom. The van der Waals surface area contributed by atoms with Crippen LogP contribution in [-0.2, 0) is 25.0 Å². The number of hydrazone groups is 2. The molecule has 0 fully saturated rings. The number of allylic oxidation sites excluding steroid dienone is 2. The number of nitrogens with zero attached hydrogens (tertiary/aromatic N) is 2. The van der Waals surface area contributed by atoms with Crippen LogP contribution in [0.5, 0.6) is 0 Å². The van der Waals surface area contributed by atoms with Gasteiger partial charge >= 0.3 is 0 Å². The highest BCUT2D eigenvalue weighted by Gasteiger charge is 2.30. The molecule has 2 N–H and O–H groups in total. The van der Waals surface area contributed by atoms with Crippen LogP contribution in [0, 0.1) is 13.8 Å². The Balaban J connectivity index is 1.24. The second kappa shape index (κ2) is 12.2. The normalized spacial score (nSPS) is 16.0. The zero-order valence-corrected chi connectivity index (χ0v) is 26.8. The van der Waals surface area contributed by atoms with Gasteiger partial charge in [0.1, 0.15) is 31.7 Å². The molecule has 0 aliphatic heterocycles. The lowest BCUT2D eigenvalue weighted by Gasteiger charge is -2.21. The number of anilines is 2. The molecule has 0 heterocycles. The minimum atomic E-state index is -5.23. The maximum Gasteiger partial charge on any atom is 0.215 e. The molecule has 0 unspecified atom stereocenters. The van der Waals surface area contributed by atoms with E-state index in [0.717, 1.165) is 57.7 Å². The van der Waals surface area contributed by atoms with E-state index >= 15 is 0 Å². The molecule has 14 heteroatoms. The Bertz CT molecular complexity index is 2410. The molecule has 48 heavy (non-hydrogen) atoms. The van der Waals surface area contributed by atoms with Crippen LogP contribution in [0.25, 0.3) is 23.3 Å². The number of aryl methyl sites for hydroxylation is 2. The van der Waals surface area contributed by atoms with Crippen LogP contribution in [-0.4, -0.2) is 48.9 Å². The monoisotopic (exact) mass is 680 g/mol. The molecule has 0 saturated heterocycles. The predicted octanol–water partition coefficient (Wildman–Crippen LogP) is 4.84. The van der Waals surface area contributed by atoms with E-state index < -0.39 is 41.5 Å². The molecule has 0 bridgehead atoms. The summed E-state index contributed by atoms with van der Waals surface area (Å²) >= 11 is 0.